The Morgan fingerprint density at radius 3 is 1.73 bits per heavy atom. The summed E-state index contributed by atoms with van der Waals surface area (Å²) in [5.41, 5.74) is 4.33. The van der Waals surface area contributed by atoms with E-state index in [9.17, 15) is 0 Å². The van der Waals surface area contributed by atoms with Gasteiger partial charge in [-0.2, -0.15) is 5.10 Å². The van der Waals surface area contributed by atoms with Gasteiger partial charge in [-0.3, -0.25) is 9.91 Å². The Morgan fingerprint density at radius 1 is 0.659 bits per heavy atom. The number of hydrazone groups is 1. The van der Waals surface area contributed by atoms with Crippen molar-refractivity contribution in [3.8, 4) is 17.2 Å². The Kier molecular flexibility index (Phi) is 14.4. The molecule has 0 radical (unpaired) electrons. The van der Waals surface area contributed by atoms with E-state index in [4.69, 9.17) is 19.3 Å². The van der Waals surface area contributed by atoms with Crippen molar-refractivity contribution in [3.63, 3.8) is 0 Å². The van der Waals surface area contributed by atoms with Crippen LogP contribution in [0, 0.1) is 0 Å². The van der Waals surface area contributed by atoms with Gasteiger partial charge in [0.1, 0.15) is 23.9 Å². The van der Waals surface area contributed by atoms with E-state index in [2.05, 4.69) is 91.3 Å². The van der Waals surface area contributed by atoms with Gasteiger partial charge in [0.05, 0.1) is 31.2 Å². The molecule has 1 saturated heterocycles. The van der Waals surface area contributed by atoms with E-state index in [0.29, 0.717) is 6.54 Å². The molecule has 1 aliphatic heterocycles. The minimum Gasteiger partial charge on any atom is -0.494 e. The zero-order chi connectivity index (χ0) is 30.8. The Balaban J connectivity index is 1.46. The molecule has 0 aromatic heterocycles. The fraction of sp³-hybridized carbons (Fsp3) is 0.500. The molecule has 3 aromatic rings. The summed E-state index contributed by atoms with van der Waals surface area (Å²) in [5, 5.41) is 7.30. The number of hydrogen-bond acceptors (Lipinski definition) is 6. The average molecular weight is 600 g/mol. The smallest absolute Gasteiger partial charge is 0.119 e. The third kappa shape index (κ3) is 11.2. The predicted octanol–water partition coefficient (Wildman–Crippen LogP) is 9.12. The summed E-state index contributed by atoms with van der Waals surface area (Å²) < 4.78 is 17.9. The molecular weight excluding hydrogens is 546 g/mol. The van der Waals surface area contributed by atoms with Crippen LogP contribution in [0.15, 0.2) is 77.9 Å². The van der Waals surface area contributed by atoms with Gasteiger partial charge in [-0.05, 0) is 117 Å². The molecule has 0 spiro atoms. The minimum atomic E-state index is 0.645. The summed E-state index contributed by atoms with van der Waals surface area (Å²) in [4.78, 5) is 2.54. The highest BCUT2D eigenvalue weighted by molar-refractivity contribution is 6.01. The maximum absolute atomic E-state index is 6.12. The molecule has 4 rings (SSSR count). The fourth-order valence-corrected chi connectivity index (χ4v) is 5.31. The monoisotopic (exact) mass is 599 g/mol. The van der Waals surface area contributed by atoms with Crippen LogP contribution in [0.25, 0.3) is 0 Å². The van der Waals surface area contributed by atoms with Crippen LogP contribution in [0.4, 0.5) is 5.69 Å². The molecule has 0 saturated carbocycles. The van der Waals surface area contributed by atoms with Crippen molar-refractivity contribution in [1.82, 2.24) is 4.90 Å². The maximum Gasteiger partial charge on any atom is 0.119 e. The molecule has 1 heterocycles. The first-order chi connectivity index (χ1) is 21.7. The molecule has 0 bridgehead atoms. The molecule has 0 amide bonds. The lowest BCUT2D eigenvalue weighted by Gasteiger charge is -2.22. The topological polar surface area (TPSA) is 46.5 Å². The van der Waals surface area contributed by atoms with Crippen LogP contribution in [-0.4, -0.2) is 50.1 Å². The van der Waals surface area contributed by atoms with Gasteiger partial charge in [-0.25, -0.2) is 0 Å². The molecule has 0 unspecified atom stereocenters. The van der Waals surface area contributed by atoms with Gasteiger partial charge in [0, 0.05) is 6.54 Å². The van der Waals surface area contributed by atoms with Crippen LogP contribution in [-0.2, 0) is 6.54 Å². The van der Waals surface area contributed by atoms with Gasteiger partial charge in [0.2, 0.25) is 0 Å². The molecule has 1 aliphatic rings. The molecular formula is C38H53N3O3. The van der Waals surface area contributed by atoms with Crippen LogP contribution >= 0.6 is 0 Å². The van der Waals surface area contributed by atoms with E-state index in [0.717, 1.165) is 92.7 Å². The first-order valence-corrected chi connectivity index (χ1v) is 16.9. The summed E-state index contributed by atoms with van der Waals surface area (Å²) in [6, 6.07) is 25.1. The summed E-state index contributed by atoms with van der Waals surface area (Å²) in [7, 11) is 0. The number of nitrogens with zero attached hydrogens (tertiary/aromatic N) is 3. The largest absolute Gasteiger partial charge is 0.494 e. The number of likely N-dealkylation sites (tertiary alicyclic amines) is 1. The molecule has 238 valence electrons. The molecule has 44 heavy (non-hydrogen) atoms. The first kappa shape index (κ1) is 33.4. The zero-order valence-corrected chi connectivity index (χ0v) is 27.3. The normalized spacial score (nSPS) is 14.2. The van der Waals surface area contributed by atoms with Crippen LogP contribution in [0.3, 0.4) is 0 Å². The van der Waals surface area contributed by atoms with Gasteiger partial charge in [-0.15, -0.1) is 0 Å². The van der Waals surface area contributed by atoms with Gasteiger partial charge < -0.3 is 14.2 Å². The lowest BCUT2D eigenvalue weighted by Crippen LogP contribution is -2.29. The average Bonchev–Trinajstić information content (AvgIpc) is 3.34. The van der Waals surface area contributed by atoms with Crippen molar-refractivity contribution in [2.24, 2.45) is 5.10 Å². The highest BCUT2D eigenvalue weighted by Crippen LogP contribution is 2.25. The highest BCUT2D eigenvalue weighted by Gasteiger charge is 2.12. The van der Waals surface area contributed by atoms with Crippen molar-refractivity contribution in [1.29, 1.82) is 0 Å². The number of anilines is 1. The van der Waals surface area contributed by atoms with Crippen LogP contribution in [0.1, 0.15) is 89.7 Å². The van der Waals surface area contributed by atoms with Gasteiger partial charge in [0.25, 0.3) is 0 Å². The molecule has 0 aliphatic carbocycles. The van der Waals surface area contributed by atoms with Crippen molar-refractivity contribution >= 4 is 11.4 Å². The molecule has 1 fully saturated rings. The van der Waals surface area contributed by atoms with Crippen molar-refractivity contribution < 1.29 is 14.2 Å². The van der Waals surface area contributed by atoms with Crippen LogP contribution in [0.2, 0.25) is 0 Å². The second kappa shape index (κ2) is 19.0. The van der Waals surface area contributed by atoms with Crippen molar-refractivity contribution in [2.45, 2.75) is 85.1 Å². The second-order valence-electron chi connectivity index (χ2n) is 11.6. The van der Waals surface area contributed by atoms with Gasteiger partial charge in [0.15, 0.2) is 0 Å². The SMILES string of the molecule is CCCCOc1ccc(C(CC)=NN(Cc2ccc(OCCN3CCCCCC3)cc2)c2ccc(OCCCC)cc2)cc1. The second-order valence-corrected chi connectivity index (χ2v) is 11.6. The Hall–Kier alpha value is -3.51. The van der Waals surface area contributed by atoms with E-state index in [1.54, 1.807) is 0 Å². The van der Waals surface area contributed by atoms with Crippen LogP contribution in [0.5, 0.6) is 17.2 Å². The van der Waals surface area contributed by atoms with Crippen molar-refractivity contribution in [2.75, 3.05) is 44.5 Å². The summed E-state index contributed by atoms with van der Waals surface area (Å²) in [6.07, 6.45) is 10.5. The van der Waals surface area contributed by atoms with E-state index >= 15 is 0 Å². The van der Waals surface area contributed by atoms with E-state index in [-0.39, 0.29) is 0 Å². The van der Waals surface area contributed by atoms with E-state index in [1.165, 1.54) is 44.3 Å². The number of ether oxygens (including phenoxy) is 3. The van der Waals surface area contributed by atoms with Gasteiger partial charge in [-0.1, -0.05) is 58.6 Å². The lowest BCUT2D eigenvalue weighted by molar-refractivity contribution is 0.214. The molecule has 0 atom stereocenters. The van der Waals surface area contributed by atoms with Crippen molar-refractivity contribution in [3.05, 3.63) is 83.9 Å². The zero-order valence-electron chi connectivity index (χ0n) is 27.3. The third-order valence-corrected chi connectivity index (χ3v) is 8.06. The summed E-state index contributed by atoms with van der Waals surface area (Å²) in [5.74, 6) is 2.71. The first-order valence-electron chi connectivity index (χ1n) is 16.9. The summed E-state index contributed by atoms with van der Waals surface area (Å²) >= 11 is 0. The Bertz CT molecular complexity index is 1220. The summed E-state index contributed by atoms with van der Waals surface area (Å²) in [6.45, 7) is 12.8. The lowest BCUT2D eigenvalue weighted by atomic mass is 10.1. The standard InChI is InChI=1S/C38H53N3O3/c1-4-7-28-42-36-21-15-33(16-22-36)38(6-3)39-41(34-17-23-37(24-18-34)43-29-8-5-2)31-32-13-19-35(20-14-32)44-30-27-40-25-11-9-10-12-26-40/h13-24H,4-12,25-31H2,1-3H3. The third-order valence-electron chi connectivity index (χ3n) is 8.06. The molecule has 6 nitrogen and oxygen atoms in total. The number of unbranched alkanes of at least 4 members (excludes halogenated alkanes) is 2. The molecule has 0 N–H and O–H groups in total. The number of hydrogen-bond donors (Lipinski definition) is 0. The quantitative estimate of drug-likeness (QED) is 0.0829. The fourth-order valence-electron chi connectivity index (χ4n) is 5.31. The Morgan fingerprint density at radius 2 is 1.18 bits per heavy atom. The van der Waals surface area contributed by atoms with Gasteiger partial charge >= 0.3 is 0 Å². The van der Waals surface area contributed by atoms with Crippen LogP contribution < -0.4 is 19.2 Å². The molecule has 3 aromatic carbocycles. The number of rotatable bonds is 18. The Labute approximate surface area is 266 Å². The molecule has 6 heteroatoms. The van der Waals surface area contributed by atoms with E-state index < -0.39 is 0 Å². The maximum atomic E-state index is 6.12. The predicted molar refractivity (Wildman–Crippen MR) is 184 cm³/mol. The number of benzene rings is 3. The van der Waals surface area contributed by atoms with E-state index in [1.807, 2.05) is 12.1 Å². The minimum absolute atomic E-state index is 0.645. The highest BCUT2D eigenvalue weighted by atomic mass is 16.5.